The summed E-state index contributed by atoms with van der Waals surface area (Å²) in [4.78, 5) is 29.0. The molecule has 1 atom stereocenters. The molecule has 10 heteroatoms. The molecule has 2 heterocycles. The van der Waals surface area contributed by atoms with E-state index in [1.807, 2.05) is 30.0 Å². The van der Waals surface area contributed by atoms with Gasteiger partial charge in [0.15, 0.2) is 5.69 Å². The fourth-order valence-corrected chi connectivity index (χ4v) is 4.04. The average Bonchev–Trinajstić information content (AvgIpc) is 3.02. The molecule has 168 valence electrons. The number of hydrogen-bond donors (Lipinski definition) is 0. The van der Waals surface area contributed by atoms with Crippen molar-refractivity contribution in [3.8, 4) is 5.75 Å². The summed E-state index contributed by atoms with van der Waals surface area (Å²) < 4.78 is 11.7. The van der Waals surface area contributed by atoms with Crippen LogP contribution in [0.3, 0.4) is 0 Å². The lowest BCUT2D eigenvalue weighted by Crippen LogP contribution is -2.54. The van der Waals surface area contributed by atoms with Crippen molar-refractivity contribution < 1.29 is 19.1 Å². The molecule has 1 aliphatic rings. The number of aromatic nitrogens is 2. The molecule has 1 aromatic carbocycles. The number of rotatable bonds is 6. The second kappa shape index (κ2) is 9.78. The minimum atomic E-state index is -0.595. The van der Waals surface area contributed by atoms with Crippen molar-refractivity contribution >= 4 is 40.8 Å². The number of piperazine rings is 1. The highest BCUT2D eigenvalue weighted by Crippen LogP contribution is 2.30. The molecule has 0 spiro atoms. The average molecular weight is 469 g/mol. The molecular weight excluding hydrogens is 443 g/mol. The second-order valence-electron chi connectivity index (χ2n) is 7.33. The van der Waals surface area contributed by atoms with Gasteiger partial charge >= 0.3 is 5.97 Å². The van der Waals surface area contributed by atoms with Crippen LogP contribution in [-0.2, 0) is 16.1 Å². The van der Waals surface area contributed by atoms with Gasteiger partial charge in [-0.2, -0.15) is 5.10 Å². The lowest BCUT2D eigenvalue weighted by atomic mass is 10.1. The summed E-state index contributed by atoms with van der Waals surface area (Å²) in [6.07, 6.45) is 0. The van der Waals surface area contributed by atoms with Gasteiger partial charge in [-0.1, -0.05) is 23.2 Å². The number of esters is 1. The molecule has 0 radical (unpaired) electrons. The second-order valence-corrected chi connectivity index (χ2v) is 8.11. The van der Waals surface area contributed by atoms with E-state index in [9.17, 15) is 9.59 Å². The lowest BCUT2D eigenvalue weighted by molar-refractivity contribution is -0.134. The van der Waals surface area contributed by atoms with Crippen LogP contribution in [0.2, 0.25) is 10.0 Å². The van der Waals surface area contributed by atoms with Crippen molar-refractivity contribution in [2.24, 2.45) is 0 Å². The minimum Gasteiger partial charge on any atom is -0.495 e. The van der Waals surface area contributed by atoms with Crippen LogP contribution < -0.4 is 9.64 Å². The Bertz CT molecular complexity index is 979. The van der Waals surface area contributed by atoms with Crippen molar-refractivity contribution in [3.63, 3.8) is 0 Å². The standard InChI is InChI=1S/C21H26Cl2N4O4/c1-5-31-21(29)20-19(23)14(3)27(24-20)12-18(28)26-9-8-25(11-13(26)2)15-6-7-16(22)17(10-15)30-4/h6-7,10,13H,5,8-9,11-12H2,1-4H3/t13-/m0/s1. The zero-order chi connectivity index (χ0) is 22.7. The Morgan fingerprint density at radius 3 is 2.65 bits per heavy atom. The van der Waals surface area contributed by atoms with E-state index in [-0.39, 0.29) is 35.8 Å². The van der Waals surface area contributed by atoms with Gasteiger partial charge in [0, 0.05) is 37.4 Å². The number of nitrogens with zero attached hydrogens (tertiary/aromatic N) is 4. The molecule has 0 N–H and O–H groups in total. The van der Waals surface area contributed by atoms with Crippen molar-refractivity contribution in [3.05, 3.63) is 39.6 Å². The maximum atomic E-state index is 13.0. The van der Waals surface area contributed by atoms with E-state index >= 15 is 0 Å². The monoisotopic (exact) mass is 468 g/mol. The van der Waals surface area contributed by atoms with Gasteiger partial charge in [-0.05, 0) is 32.9 Å². The van der Waals surface area contributed by atoms with E-state index in [0.29, 0.717) is 36.1 Å². The van der Waals surface area contributed by atoms with E-state index < -0.39 is 5.97 Å². The first kappa shape index (κ1) is 23.2. The molecular formula is C21H26Cl2N4O4. The maximum Gasteiger partial charge on any atom is 0.360 e. The summed E-state index contributed by atoms with van der Waals surface area (Å²) in [5.41, 5.74) is 1.58. The van der Waals surface area contributed by atoms with Crippen LogP contribution in [0.15, 0.2) is 18.2 Å². The number of hydrogen-bond acceptors (Lipinski definition) is 6. The summed E-state index contributed by atoms with van der Waals surface area (Å²) in [5, 5.41) is 4.97. The Morgan fingerprint density at radius 1 is 1.26 bits per heavy atom. The van der Waals surface area contributed by atoms with Crippen LogP contribution in [0.25, 0.3) is 0 Å². The molecule has 1 amide bonds. The third-order valence-corrected chi connectivity index (χ3v) is 6.10. The SMILES string of the molecule is CCOC(=O)c1nn(CC(=O)N2CCN(c3ccc(Cl)c(OC)c3)C[C@@H]2C)c(C)c1Cl. The molecule has 2 aromatic rings. The predicted molar refractivity (Wildman–Crippen MR) is 119 cm³/mol. The van der Waals surface area contributed by atoms with Gasteiger partial charge in [0.1, 0.15) is 12.3 Å². The Balaban J connectivity index is 1.68. The number of methoxy groups -OCH3 is 1. The summed E-state index contributed by atoms with van der Waals surface area (Å²) in [6, 6.07) is 5.64. The van der Waals surface area contributed by atoms with Gasteiger partial charge in [0.25, 0.3) is 0 Å². The number of ether oxygens (including phenoxy) is 2. The van der Waals surface area contributed by atoms with E-state index in [2.05, 4.69) is 10.00 Å². The van der Waals surface area contributed by atoms with Crippen LogP contribution in [0.5, 0.6) is 5.75 Å². The molecule has 1 aliphatic heterocycles. The molecule has 3 rings (SSSR count). The highest BCUT2D eigenvalue weighted by Gasteiger charge is 2.29. The highest BCUT2D eigenvalue weighted by atomic mass is 35.5. The number of carbonyl (C=O) groups is 2. The first-order valence-electron chi connectivity index (χ1n) is 10.0. The maximum absolute atomic E-state index is 13.0. The Labute approximate surface area is 191 Å². The summed E-state index contributed by atoms with van der Waals surface area (Å²) in [5.74, 6) is -0.0607. The van der Waals surface area contributed by atoms with Crippen molar-refractivity contribution in [2.45, 2.75) is 33.4 Å². The smallest absolute Gasteiger partial charge is 0.360 e. The Hall–Kier alpha value is -2.45. The number of benzene rings is 1. The molecule has 1 saturated heterocycles. The van der Waals surface area contributed by atoms with E-state index in [4.69, 9.17) is 32.7 Å². The normalized spacial score (nSPS) is 16.4. The minimum absolute atomic E-state index is 0.00403. The first-order valence-corrected chi connectivity index (χ1v) is 10.8. The topological polar surface area (TPSA) is 76.9 Å². The molecule has 31 heavy (non-hydrogen) atoms. The van der Waals surface area contributed by atoms with Crippen LogP contribution in [0.1, 0.15) is 30.0 Å². The Morgan fingerprint density at radius 2 is 2.00 bits per heavy atom. The molecule has 0 unspecified atom stereocenters. The number of anilines is 1. The van der Waals surface area contributed by atoms with E-state index in [1.54, 1.807) is 21.0 Å². The van der Waals surface area contributed by atoms with Gasteiger partial charge in [-0.3, -0.25) is 9.48 Å². The van der Waals surface area contributed by atoms with Gasteiger partial charge in [-0.25, -0.2) is 4.79 Å². The van der Waals surface area contributed by atoms with Crippen LogP contribution >= 0.6 is 23.2 Å². The van der Waals surface area contributed by atoms with Gasteiger partial charge in [0.05, 0.1) is 29.5 Å². The summed E-state index contributed by atoms with van der Waals surface area (Å²) >= 11 is 12.4. The largest absolute Gasteiger partial charge is 0.495 e. The van der Waals surface area contributed by atoms with Crippen molar-refractivity contribution in [1.82, 2.24) is 14.7 Å². The lowest BCUT2D eigenvalue weighted by Gasteiger charge is -2.41. The van der Waals surface area contributed by atoms with Gasteiger partial charge in [0.2, 0.25) is 5.91 Å². The van der Waals surface area contributed by atoms with Crippen LogP contribution in [0, 0.1) is 6.92 Å². The fraction of sp³-hybridized carbons (Fsp3) is 0.476. The number of amides is 1. The van der Waals surface area contributed by atoms with E-state index in [1.165, 1.54) is 4.68 Å². The molecule has 8 nitrogen and oxygen atoms in total. The van der Waals surface area contributed by atoms with Gasteiger partial charge < -0.3 is 19.3 Å². The molecule has 1 fully saturated rings. The summed E-state index contributed by atoms with van der Waals surface area (Å²) in [7, 11) is 1.58. The summed E-state index contributed by atoms with van der Waals surface area (Å²) in [6.45, 7) is 7.57. The van der Waals surface area contributed by atoms with Crippen molar-refractivity contribution in [2.75, 3.05) is 38.3 Å². The molecule has 0 bridgehead atoms. The zero-order valence-corrected chi connectivity index (χ0v) is 19.5. The highest BCUT2D eigenvalue weighted by molar-refractivity contribution is 6.34. The van der Waals surface area contributed by atoms with Gasteiger partial charge in [-0.15, -0.1) is 0 Å². The Kier molecular flexibility index (Phi) is 7.33. The number of halogens is 2. The van der Waals surface area contributed by atoms with E-state index in [0.717, 1.165) is 5.69 Å². The third kappa shape index (κ3) is 4.91. The zero-order valence-electron chi connectivity index (χ0n) is 18.0. The molecule has 1 aromatic heterocycles. The first-order chi connectivity index (χ1) is 14.8. The molecule has 0 saturated carbocycles. The third-order valence-electron chi connectivity index (χ3n) is 5.33. The predicted octanol–water partition coefficient (Wildman–Crippen LogP) is 3.42. The van der Waals surface area contributed by atoms with Crippen LogP contribution in [-0.4, -0.2) is 65.9 Å². The molecule has 0 aliphatic carbocycles. The van der Waals surface area contributed by atoms with Crippen molar-refractivity contribution in [1.29, 1.82) is 0 Å². The quantitative estimate of drug-likeness (QED) is 0.604. The number of carbonyl (C=O) groups excluding carboxylic acids is 2. The fourth-order valence-electron chi connectivity index (χ4n) is 3.63. The van der Waals surface area contributed by atoms with Crippen LogP contribution in [0.4, 0.5) is 5.69 Å².